The lowest BCUT2D eigenvalue weighted by atomic mass is 9.81. The minimum Gasteiger partial charge on any atom is -0.380 e. The van der Waals surface area contributed by atoms with Gasteiger partial charge >= 0.3 is 0 Å². The number of ether oxygens (including phenoxy) is 1. The first-order valence-electron chi connectivity index (χ1n) is 8.65. The fraction of sp³-hybridized carbons (Fsp3) is 0.333. The predicted molar refractivity (Wildman–Crippen MR) is 101 cm³/mol. The number of aliphatic hydroxyl groups is 2. The van der Waals surface area contributed by atoms with Crippen LogP contribution in [0.1, 0.15) is 39.6 Å². The van der Waals surface area contributed by atoms with Crippen molar-refractivity contribution in [3.05, 3.63) is 70.8 Å². The molecule has 0 radical (unpaired) electrons. The monoisotopic (exact) mass is 388 g/mol. The topological polar surface area (TPSA) is 83.8 Å². The number of halogens is 1. The Morgan fingerprint density at radius 2 is 1.70 bits per heavy atom. The SMILES string of the molecule is Cc1ccccc1C(=O)[C@]1(O)CC(Cl)O[C@@H]1C(=O)C(O)c1ccccc1C. The highest BCUT2D eigenvalue weighted by Gasteiger charge is 2.57. The van der Waals surface area contributed by atoms with E-state index in [4.69, 9.17) is 16.3 Å². The smallest absolute Gasteiger partial charge is 0.197 e. The van der Waals surface area contributed by atoms with E-state index < -0.39 is 34.9 Å². The molecule has 2 unspecified atom stereocenters. The third-order valence-corrected chi connectivity index (χ3v) is 5.24. The van der Waals surface area contributed by atoms with Gasteiger partial charge < -0.3 is 14.9 Å². The zero-order valence-corrected chi connectivity index (χ0v) is 15.8. The van der Waals surface area contributed by atoms with Gasteiger partial charge in [-0.1, -0.05) is 60.1 Å². The summed E-state index contributed by atoms with van der Waals surface area (Å²) in [5, 5.41) is 21.7. The maximum Gasteiger partial charge on any atom is 0.197 e. The molecule has 0 spiro atoms. The zero-order chi connectivity index (χ0) is 19.8. The Hall–Kier alpha value is -2.05. The molecule has 4 atom stereocenters. The molecule has 0 bridgehead atoms. The van der Waals surface area contributed by atoms with E-state index in [1.807, 2.05) is 0 Å². The molecule has 142 valence electrons. The molecule has 1 saturated heterocycles. The number of hydrogen-bond donors (Lipinski definition) is 2. The van der Waals surface area contributed by atoms with Crippen molar-refractivity contribution in [3.8, 4) is 0 Å². The first kappa shape index (κ1) is 19.7. The molecule has 1 aliphatic rings. The van der Waals surface area contributed by atoms with Crippen molar-refractivity contribution in [2.75, 3.05) is 0 Å². The van der Waals surface area contributed by atoms with Crippen LogP contribution in [0.3, 0.4) is 0 Å². The van der Waals surface area contributed by atoms with Gasteiger partial charge in [-0.2, -0.15) is 0 Å². The van der Waals surface area contributed by atoms with E-state index in [1.165, 1.54) is 0 Å². The van der Waals surface area contributed by atoms with E-state index >= 15 is 0 Å². The summed E-state index contributed by atoms with van der Waals surface area (Å²) >= 11 is 6.02. The van der Waals surface area contributed by atoms with Crippen LogP contribution >= 0.6 is 11.6 Å². The van der Waals surface area contributed by atoms with Gasteiger partial charge in [-0.25, -0.2) is 0 Å². The maximum absolute atomic E-state index is 13.1. The Morgan fingerprint density at radius 1 is 1.11 bits per heavy atom. The molecule has 2 N–H and O–H groups in total. The van der Waals surface area contributed by atoms with Crippen LogP contribution in [-0.4, -0.2) is 39.0 Å². The van der Waals surface area contributed by atoms with Crippen molar-refractivity contribution in [1.29, 1.82) is 0 Å². The van der Waals surface area contributed by atoms with E-state index in [-0.39, 0.29) is 12.0 Å². The van der Waals surface area contributed by atoms with Crippen molar-refractivity contribution in [2.24, 2.45) is 0 Å². The molecule has 0 aromatic heterocycles. The van der Waals surface area contributed by atoms with Gasteiger partial charge in [-0.15, -0.1) is 0 Å². The van der Waals surface area contributed by atoms with Gasteiger partial charge in [0.15, 0.2) is 23.3 Å². The second kappa shape index (κ2) is 7.52. The van der Waals surface area contributed by atoms with Crippen molar-refractivity contribution in [2.45, 2.75) is 43.6 Å². The summed E-state index contributed by atoms with van der Waals surface area (Å²) < 4.78 is 5.39. The lowest BCUT2D eigenvalue weighted by Gasteiger charge is -2.28. The van der Waals surface area contributed by atoms with Crippen molar-refractivity contribution in [3.63, 3.8) is 0 Å². The number of Topliss-reactive ketones (excluding diaryl/α,β-unsaturated/α-hetero) is 2. The Bertz CT molecular complexity index is 880. The highest BCUT2D eigenvalue weighted by Crippen LogP contribution is 2.38. The van der Waals surface area contributed by atoms with Gasteiger partial charge in [0, 0.05) is 12.0 Å². The largest absolute Gasteiger partial charge is 0.380 e. The highest BCUT2D eigenvalue weighted by atomic mass is 35.5. The van der Waals surface area contributed by atoms with Crippen LogP contribution in [0, 0.1) is 13.8 Å². The first-order chi connectivity index (χ1) is 12.8. The predicted octanol–water partition coefficient (Wildman–Crippen LogP) is 2.87. The molecule has 5 nitrogen and oxygen atoms in total. The zero-order valence-electron chi connectivity index (χ0n) is 15.1. The van der Waals surface area contributed by atoms with E-state index in [0.29, 0.717) is 16.7 Å². The van der Waals surface area contributed by atoms with Gasteiger partial charge in [0.05, 0.1) is 0 Å². The molecule has 1 fully saturated rings. The Balaban J connectivity index is 1.96. The summed E-state index contributed by atoms with van der Waals surface area (Å²) in [6.07, 6.45) is -3.32. The summed E-state index contributed by atoms with van der Waals surface area (Å²) in [5.74, 6) is -1.43. The third-order valence-electron chi connectivity index (χ3n) is 4.98. The highest BCUT2D eigenvalue weighted by molar-refractivity contribution is 6.21. The molecule has 0 amide bonds. The second-order valence-electron chi connectivity index (χ2n) is 6.86. The standard InChI is InChI=1S/C21H21ClO5/c1-12-7-3-5-9-14(12)17(23)18(24)20-21(26,11-16(22)27-20)19(25)15-10-6-4-8-13(15)2/h3-10,16-17,20,23,26H,11H2,1-2H3/t16?,17?,20-,21-/m1/s1. The van der Waals surface area contributed by atoms with E-state index in [1.54, 1.807) is 62.4 Å². The number of alkyl halides is 1. The van der Waals surface area contributed by atoms with Gasteiger partial charge in [0.1, 0.15) is 11.7 Å². The van der Waals surface area contributed by atoms with Crippen LogP contribution in [0.15, 0.2) is 48.5 Å². The number of carbonyl (C=O) groups is 2. The molecule has 6 heteroatoms. The van der Waals surface area contributed by atoms with Gasteiger partial charge in [0.2, 0.25) is 0 Å². The second-order valence-corrected chi connectivity index (χ2v) is 7.35. The Kier molecular flexibility index (Phi) is 5.49. The lowest BCUT2D eigenvalue weighted by molar-refractivity contribution is -0.144. The lowest BCUT2D eigenvalue weighted by Crippen LogP contribution is -2.51. The van der Waals surface area contributed by atoms with E-state index in [9.17, 15) is 19.8 Å². The molecule has 2 aromatic carbocycles. The van der Waals surface area contributed by atoms with E-state index in [2.05, 4.69) is 0 Å². The van der Waals surface area contributed by atoms with Crippen LogP contribution in [-0.2, 0) is 9.53 Å². The molecule has 27 heavy (non-hydrogen) atoms. The van der Waals surface area contributed by atoms with Crippen LogP contribution in [0.2, 0.25) is 0 Å². The molecular weight excluding hydrogens is 368 g/mol. The molecule has 3 rings (SSSR count). The number of aryl methyl sites for hydroxylation is 2. The molecule has 0 aliphatic carbocycles. The number of benzene rings is 2. The molecule has 2 aromatic rings. The number of hydrogen-bond acceptors (Lipinski definition) is 5. The van der Waals surface area contributed by atoms with Crippen molar-refractivity contribution >= 4 is 23.2 Å². The number of carbonyl (C=O) groups excluding carboxylic acids is 2. The van der Waals surface area contributed by atoms with E-state index in [0.717, 1.165) is 0 Å². The van der Waals surface area contributed by atoms with Crippen molar-refractivity contribution < 1.29 is 24.5 Å². The number of aliphatic hydroxyl groups excluding tert-OH is 1. The number of rotatable bonds is 5. The third kappa shape index (κ3) is 3.56. The quantitative estimate of drug-likeness (QED) is 0.607. The van der Waals surface area contributed by atoms with Gasteiger partial charge in [0.25, 0.3) is 0 Å². The van der Waals surface area contributed by atoms with Gasteiger partial charge in [-0.3, -0.25) is 9.59 Å². The maximum atomic E-state index is 13.1. The normalized spacial score (nSPS) is 26.0. The molecule has 1 aliphatic heterocycles. The molecule has 1 heterocycles. The fourth-order valence-electron chi connectivity index (χ4n) is 3.43. The van der Waals surface area contributed by atoms with Crippen LogP contribution in [0.25, 0.3) is 0 Å². The first-order valence-corrected chi connectivity index (χ1v) is 9.09. The summed E-state index contributed by atoms with van der Waals surface area (Å²) in [4.78, 5) is 26.0. The molecule has 0 saturated carbocycles. The summed E-state index contributed by atoms with van der Waals surface area (Å²) in [6.45, 7) is 3.50. The minimum absolute atomic E-state index is 0.237. The fourth-order valence-corrected chi connectivity index (χ4v) is 3.76. The van der Waals surface area contributed by atoms with Crippen LogP contribution in [0.5, 0.6) is 0 Å². The average Bonchev–Trinajstić information content (AvgIpc) is 2.96. The Morgan fingerprint density at radius 3 is 2.33 bits per heavy atom. The van der Waals surface area contributed by atoms with Crippen molar-refractivity contribution in [1.82, 2.24) is 0 Å². The summed E-state index contributed by atoms with van der Waals surface area (Å²) in [5.41, 5.74) is -1.08. The minimum atomic E-state index is -2.14. The van der Waals surface area contributed by atoms with Gasteiger partial charge in [-0.05, 0) is 30.5 Å². The summed E-state index contributed by atoms with van der Waals surface area (Å²) in [7, 11) is 0. The number of ketones is 2. The van der Waals surface area contributed by atoms with Crippen LogP contribution in [0.4, 0.5) is 0 Å². The Labute approximate surface area is 162 Å². The summed E-state index contributed by atoms with van der Waals surface area (Å²) in [6, 6.07) is 13.6. The molecular formula is C21H21ClO5. The average molecular weight is 389 g/mol. The van der Waals surface area contributed by atoms with Crippen LogP contribution < -0.4 is 0 Å².